The summed E-state index contributed by atoms with van der Waals surface area (Å²) in [5, 5.41) is 12.9. The molecule has 0 saturated carbocycles. The number of fused-ring (bicyclic) bond motifs is 1. The van der Waals surface area contributed by atoms with Crippen molar-refractivity contribution in [2.24, 2.45) is 0 Å². The van der Waals surface area contributed by atoms with Crippen molar-refractivity contribution >= 4 is 22.8 Å². The zero-order chi connectivity index (χ0) is 24.1. The molecule has 0 aliphatic carbocycles. The third-order valence-electron chi connectivity index (χ3n) is 4.78. The SMILES string of the molecule is CCOc1ccc2nc(COC(=O)c3cc(OC)c(OC)c(OC)c3)c(C(C)=O)[n+]([O-])c2c1. The number of nitrogens with zero attached hydrogens (tertiary/aromatic N) is 2. The molecule has 0 aliphatic heterocycles. The Morgan fingerprint density at radius 1 is 1.03 bits per heavy atom. The first-order valence-electron chi connectivity index (χ1n) is 10.0. The third-order valence-corrected chi connectivity index (χ3v) is 4.78. The lowest BCUT2D eigenvalue weighted by atomic mass is 10.1. The number of benzene rings is 2. The summed E-state index contributed by atoms with van der Waals surface area (Å²) in [6.07, 6.45) is 0. The maximum absolute atomic E-state index is 12.9. The molecule has 0 amide bonds. The van der Waals surface area contributed by atoms with Crippen molar-refractivity contribution in [3.05, 3.63) is 52.5 Å². The summed E-state index contributed by atoms with van der Waals surface area (Å²) in [4.78, 5) is 29.3. The maximum Gasteiger partial charge on any atom is 0.338 e. The number of rotatable bonds is 9. The van der Waals surface area contributed by atoms with Gasteiger partial charge in [0, 0.05) is 6.92 Å². The first-order chi connectivity index (χ1) is 15.8. The quantitative estimate of drug-likeness (QED) is 0.207. The number of hydrogen-bond donors (Lipinski definition) is 0. The molecular weight excluding hydrogens is 432 g/mol. The number of methoxy groups -OCH3 is 3. The molecule has 2 aromatic carbocycles. The monoisotopic (exact) mass is 456 g/mol. The number of carbonyl (C=O) groups excluding carboxylic acids is 2. The molecule has 0 N–H and O–H groups in total. The third kappa shape index (κ3) is 4.74. The van der Waals surface area contributed by atoms with Crippen LogP contribution in [0.4, 0.5) is 0 Å². The van der Waals surface area contributed by atoms with Crippen LogP contribution in [-0.4, -0.2) is 44.7 Å². The topological polar surface area (TPSA) is 120 Å². The summed E-state index contributed by atoms with van der Waals surface area (Å²) in [7, 11) is 4.30. The van der Waals surface area contributed by atoms with Crippen molar-refractivity contribution < 1.29 is 38.0 Å². The molecule has 0 saturated heterocycles. The second kappa shape index (κ2) is 10.0. The fourth-order valence-corrected chi connectivity index (χ4v) is 3.32. The molecule has 0 unspecified atom stereocenters. The molecule has 0 radical (unpaired) electrons. The van der Waals surface area contributed by atoms with Crippen LogP contribution in [0.1, 0.15) is 40.4 Å². The Morgan fingerprint density at radius 3 is 2.24 bits per heavy atom. The van der Waals surface area contributed by atoms with Gasteiger partial charge in [-0.05, 0) is 31.2 Å². The Hall–Kier alpha value is -4.08. The molecule has 1 heterocycles. The molecule has 174 valence electrons. The van der Waals surface area contributed by atoms with E-state index in [1.165, 1.54) is 46.5 Å². The van der Waals surface area contributed by atoms with Gasteiger partial charge in [-0.1, -0.05) is 0 Å². The normalized spacial score (nSPS) is 10.6. The van der Waals surface area contributed by atoms with Crippen LogP contribution in [0.3, 0.4) is 0 Å². The van der Waals surface area contributed by atoms with E-state index in [9.17, 15) is 14.8 Å². The van der Waals surface area contributed by atoms with Gasteiger partial charge in [-0.15, -0.1) is 0 Å². The Balaban J connectivity index is 1.95. The van der Waals surface area contributed by atoms with E-state index < -0.39 is 18.4 Å². The second-order valence-electron chi connectivity index (χ2n) is 6.83. The highest BCUT2D eigenvalue weighted by Gasteiger charge is 2.25. The minimum absolute atomic E-state index is 0.0370. The Labute approximate surface area is 190 Å². The van der Waals surface area contributed by atoms with Crippen molar-refractivity contribution in [3.8, 4) is 23.0 Å². The molecule has 0 fully saturated rings. The molecule has 1 aromatic heterocycles. The Morgan fingerprint density at radius 2 is 1.70 bits per heavy atom. The molecule has 33 heavy (non-hydrogen) atoms. The fourth-order valence-electron chi connectivity index (χ4n) is 3.32. The molecule has 0 atom stereocenters. The number of ether oxygens (including phenoxy) is 5. The van der Waals surface area contributed by atoms with Gasteiger partial charge in [0.1, 0.15) is 17.9 Å². The lowest BCUT2D eigenvalue weighted by Gasteiger charge is -2.14. The molecule has 0 spiro atoms. The van der Waals surface area contributed by atoms with E-state index in [1.54, 1.807) is 12.1 Å². The van der Waals surface area contributed by atoms with Gasteiger partial charge in [0.15, 0.2) is 17.2 Å². The molecule has 3 aromatic rings. The van der Waals surface area contributed by atoms with E-state index in [4.69, 9.17) is 23.7 Å². The zero-order valence-corrected chi connectivity index (χ0v) is 19.0. The van der Waals surface area contributed by atoms with Gasteiger partial charge < -0.3 is 28.9 Å². The summed E-state index contributed by atoms with van der Waals surface area (Å²) in [5.41, 5.74) is 0.456. The van der Waals surface area contributed by atoms with Crippen molar-refractivity contribution in [1.29, 1.82) is 0 Å². The van der Waals surface area contributed by atoms with Gasteiger partial charge in [-0.2, -0.15) is 4.73 Å². The van der Waals surface area contributed by atoms with Crippen LogP contribution in [0.25, 0.3) is 11.0 Å². The lowest BCUT2D eigenvalue weighted by Crippen LogP contribution is -2.37. The highest BCUT2D eigenvalue weighted by molar-refractivity contribution is 5.93. The van der Waals surface area contributed by atoms with Gasteiger partial charge in [-0.3, -0.25) is 4.79 Å². The Kier molecular flexibility index (Phi) is 7.17. The van der Waals surface area contributed by atoms with E-state index in [-0.39, 0.29) is 34.0 Å². The van der Waals surface area contributed by atoms with Crippen LogP contribution in [0.15, 0.2) is 30.3 Å². The fraction of sp³-hybridized carbons (Fsp3) is 0.304. The number of esters is 1. The zero-order valence-electron chi connectivity index (χ0n) is 19.0. The smallest absolute Gasteiger partial charge is 0.338 e. The van der Waals surface area contributed by atoms with E-state index in [0.29, 0.717) is 28.4 Å². The predicted molar refractivity (Wildman–Crippen MR) is 117 cm³/mol. The number of aromatic nitrogens is 2. The summed E-state index contributed by atoms with van der Waals surface area (Å²) in [5.74, 6) is 0.117. The number of Topliss-reactive ketones (excluding diaryl/α,β-unsaturated/α-hetero) is 1. The minimum atomic E-state index is -0.727. The van der Waals surface area contributed by atoms with Crippen molar-refractivity contribution in [3.63, 3.8) is 0 Å². The lowest BCUT2D eigenvalue weighted by molar-refractivity contribution is -0.580. The molecular formula is C23H24N2O8. The van der Waals surface area contributed by atoms with Crippen LogP contribution in [0, 0.1) is 5.21 Å². The minimum Gasteiger partial charge on any atom is -0.618 e. The van der Waals surface area contributed by atoms with Gasteiger partial charge in [0.25, 0.3) is 5.69 Å². The summed E-state index contributed by atoms with van der Waals surface area (Å²) >= 11 is 0. The van der Waals surface area contributed by atoms with E-state index in [2.05, 4.69) is 4.98 Å². The second-order valence-corrected chi connectivity index (χ2v) is 6.83. The van der Waals surface area contributed by atoms with Crippen LogP contribution in [-0.2, 0) is 11.3 Å². The van der Waals surface area contributed by atoms with E-state index in [0.717, 1.165) is 0 Å². The van der Waals surface area contributed by atoms with E-state index in [1.807, 2.05) is 6.92 Å². The van der Waals surface area contributed by atoms with Gasteiger partial charge in [0.05, 0.1) is 39.6 Å². The van der Waals surface area contributed by atoms with Crippen molar-refractivity contribution in [1.82, 2.24) is 4.98 Å². The highest BCUT2D eigenvalue weighted by atomic mass is 16.5. The van der Waals surface area contributed by atoms with Crippen molar-refractivity contribution in [2.45, 2.75) is 20.5 Å². The van der Waals surface area contributed by atoms with Gasteiger partial charge in [-0.25, -0.2) is 9.78 Å². The van der Waals surface area contributed by atoms with Crippen LogP contribution in [0.5, 0.6) is 23.0 Å². The number of carbonyl (C=O) groups is 2. The highest BCUT2D eigenvalue weighted by Crippen LogP contribution is 2.38. The molecule has 0 aliphatic rings. The standard InChI is InChI=1S/C23H24N2O8/c1-6-32-15-7-8-16-18(11-15)25(28)21(13(2)26)17(24-16)12-33-23(27)14-9-19(29-3)22(31-5)20(10-14)30-4/h7-11H,6,12H2,1-5H3. The average Bonchev–Trinajstić information content (AvgIpc) is 2.81. The Bertz CT molecular complexity index is 1180. The maximum atomic E-state index is 12.9. The number of ketones is 1. The van der Waals surface area contributed by atoms with Gasteiger partial charge >= 0.3 is 5.97 Å². The van der Waals surface area contributed by atoms with Crippen LogP contribution < -0.4 is 23.7 Å². The molecule has 10 heteroatoms. The first-order valence-corrected chi connectivity index (χ1v) is 10.0. The van der Waals surface area contributed by atoms with Crippen LogP contribution in [0.2, 0.25) is 0 Å². The van der Waals surface area contributed by atoms with E-state index >= 15 is 0 Å². The largest absolute Gasteiger partial charge is 0.618 e. The number of hydrogen-bond acceptors (Lipinski definition) is 9. The molecule has 0 bridgehead atoms. The molecule has 10 nitrogen and oxygen atoms in total. The van der Waals surface area contributed by atoms with Gasteiger partial charge in [0.2, 0.25) is 17.0 Å². The summed E-state index contributed by atoms with van der Waals surface area (Å²) < 4.78 is 27.0. The predicted octanol–water partition coefficient (Wildman–Crippen LogP) is 2.85. The molecule has 3 rings (SSSR count). The summed E-state index contributed by atoms with van der Waals surface area (Å²) in [6, 6.07) is 7.65. The first kappa shape index (κ1) is 23.6. The van der Waals surface area contributed by atoms with Crippen LogP contribution >= 0.6 is 0 Å². The van der Waals surface area contributed by atoms with Crippen molar-refractivity contribution in [2.75, 3.05) is 27.9 Å². The average molecular weight is 456 g/mol. The summed E-state index contributed by atoms with van der Waals surface area (Å²) in [6.45, 7) is 3.09.